The van der Waals surface area contributed by atoms with E-state index in [0.29, 0.717) is 19.0 Å². The summed E-state index contributed by atoms with van der Waals surface area (Å²) in [5, 5.41) is 5.08. The van der Waals surface area contributed by atoms with Gasteiger partial charge in [-0.15, -0.1) is 11.3 Å². The Labute approximate surface area is 159 Å². The Bertz CT molecular complexity index is 1150. The number of aromatic nitrogens is 3. The van der Waals surface area contributed by atoms with E-state index in [9.17, 15) is 14.4 Å². The van der Waals surface area contributed by atoms with E-state index in [0.717, 1.165) is 29.0 Å². The average molecular weight is 384 g/mol. The van der Waals surface area contributed by atoms with Crippen molar-refractivity contribution in [1.82, 2.24) is 19.9 Å². The Kier molecular flexibility index (Phi) is 4.43. The molecule has 4 rings (SSSR count). The van der Waals surface area contributed by atoms with E-state index in [-0.39, 0.29) is 22.5 Å². The minimum Gasteiger partial charge on any atom is -0.347 e. The van der Waals surface area contributed by atoms with Crippen molar-refractivity contribution < 1.29 is 4.79 Å². The summed E-state index contributed by atoms with van der Waals surface area (Å²) in [7, 11) is 0. The Hall–Kier alpha value is -2.74. The van der Waals surface area contributed by atoms with E-state index in [1.165, 1.54) is 4.57 Å². The third-order valence-corrected chi connectivity index (χ3v) is 5.79. The fourth-order valence-electron chi connectivity index (χ4n) is 3.20. The van der Waals surface area contributed by atoms with Crippen LogP contribution in [0.2, 0.25) is 0 Å². The lowest BCUT2D eigenvalue weighted by molar-refractivity contribution is 0.0952. The van der Waals surface area contributed by atoms with Crippen molar-refractivity contribution in [2.75, 3.05) is 0 Å². The molecule has 1 aliphatic carbocycles. The maximum absolute atomic E-state index is 12.9. The smallest absolute Gasteiger partial charge is 0.329 e. The number of fused-ring (bicyclic) bond motifs is 1. The number of carbonyl (C=O) groups is 1. The molecule has 3 aromatic heterocycles. The molecule has 7 nitrogen and oxygen atoms in total. The van der Waals surface area contributed by atoms with Crippen LogP contribution in [-0.2, 0) is 13.1 Å². The standard InChI is InChI=1S/C19H20N4O3S/c1-3-23-16-15(18(25)22-19(23)26)13(7-14(21-16)11-4-5-11)17(24)20-8-12-6-10(2)9-27-12/h6-7,9,11H,3-5,8H2,1-2H3,(H,20,24)(H,22,25,26). The van der Waals surface area contributed by atoms with Gasteiger partial charge in [-0.1, -0.05) is 0 Å². The highest BCUT2D eigenvalue weighted by molar-refractivity contribution is 7.10. The molecule has 0 saturated heterocycles. The molecule has 0 aliphatic heterocycles. The second-order valence-corrected chi connectivity index (χ2v) is 7.84. The van der Waals surface area contributed by atoms with Crippen molar-refractivity contribution >= 4 is 28.3 Å². The van der Waals surface area contributed by atoms with E-state index in [4.69, 9.17) is 0 Å². The highest BCUT2D eigenvalue weighted by Gasteiger charge is 2.28. The second-order valence-electron chi connectivity index (χ2n) is 6.84. The number of carbonyl (C=O) groups excluding carboxylic acids is 1. The number of pyridine rings is 1. The SMILES string of the molecule is CCn1c(=O)[nH]c(=O)c2c(C(=O)NCc3cc(C)cs3)cc(C3CC3)nc21. The summed E-state index contributed by atoms with van der Waals surface area (Å²) in [6.45, 7) is 4.57. The molecule has 1 saturated carbocycles. The van der Waals surface area contributed by atoms with Crippen molar-refractivity contribution in [3.63, 3.8) is 0 Å². The topological polar surface area (TPSA) is 96.9 Å². The van der Waals surface area contributed by atoms with Crippen LogP contribution in [0.15, 0.2) is 27.1 Å². The van der Waals surface area contributed by atoms with Gasteiger partial charge in [-0.2, -0.15) is 0 Å². The zero-order valence-electron chi connectivity index (χ0n) is 15.2. The molecule has 0 spiro atoms. The summed E-state index contributed by atoms with van der Waals surface area (Å²) < 4.78 is 1.40. The van der Waals surface area contributed by atoms with Gasteiger partial charge in [-0.25, -0.2) is 9.78 Å². The summed E-state index contributed by atoms with van der Waals surface area (Å²) in [5.41, 5.74) is 1.40. The van der Waals surface area contributed by atoms with Crippen LogP contribution in [0, 0.1) is 6.92 Å². The van der Waals surface area contributed by atoms with Gasteiger partial charge in [0.15, 0.2) is 5.65 Å². The normalized spacial score (nSPS) is 13.9. The van der Waals surface area contributed by atoms with E-state index in [1.54, 1.807) is 17.4 Å². The zero-order valence-corrected chi connectivity index (χ0v) is 16.0. The molecule has 0 unspecified atom stereocenters. The molecule has 3 aromatic rings. The molecule has 1 amide bonds. The van der Waals surface area contributed by atoms with Gasteiger partial charge in [0.1, 0.15) is 0 Å². The summed E-state index contributed by atoms with van der Waals surface area (Å²) in [5.74, 6) is -0.0391. The van der Waals surface area contributed by atoms with E-state index >= 15 is 0 Å². The molecule has 2 N–H and O–H groups in total. The number of thiophene rings is 1. The van der Waals surface area contributed by atoms with Gasteiger partial charge in [0.05, 0.1) is 17.5 Å². The Morgan fingerprint density at radius 3 is 2.78 bits per heavy atom. The van der Waals surface area contributed by atoms with Crippen molar-refractivity contribution in [2.45, 2.75) is 45.7 Å². The van der Waals surface area contributed by atoms with Crippen molar-refractivity contribution in [3.05, 3.63) is 60.0 Å². The number of hydrogen-bond acceptors (Lipinski definition) is 5. The van der Waals surface area contributed by atoms with E-state index in [2.05, 4.69) is 15.3 Å². The van der Waals surface area contributed by atoms with Crippen LogP contribution < -0.4 is 16.6 Å². The van der Waals surface area contributed by atoms with Crippen LogP contribution in [0.5, 0.6) is 0 Å². The lowest BCUT2D eigenvalue weighted by Crippen LogP contribution is -2.33. The van der Waals surface area contributed by atoms with Crippen LogP contribution in [0.25, 0.3) is 11.0 Å². The first-order valence-corrected chi connectivity index (χ1v) is 9.86. The molecule has 3 heterocycles. The molecule has 8 heteroatoms. The minimum atomic E-state index is -0.577. The number of aryl methyl sites for hydroxylation is 2. The van der Waals surface area contributed by atoms with Crippen LogP contribution in [0.4, 0.5) is 0 Å². The minimum absolute atomic E-state index is 0.167. The highest BCUT2D eigenvalue weighted by atomic mass is 32.1. The molecule has 0 aromatic carbocycles. The van der Waals surface area contributed by atoms with Crippen molar-refractivity contribution in [1.29, 1.82) is 0 Å². The van der Waals surface area contributed by atoms with Crippen LogP contribution >= 0.6 is 11.3 Å². The molecule has 1 aliphatic rings. The second kappa shape index (κ2) is 6.77. The van der Waals surface area contributed by atoms with Crippen molar-refractivity contribution in [2.24, 2.45) is 0 Å². The molecular weight excluding hydrogens is 364 g/mol. The van der Waals surface area contributed by atoms with Gasteiger partial charge < -0.3 is 5.32 Å². The fraction of sp³-hybridized carbons (Fsp3) is 0.368. The summed E-state index contributed by atoms with van der Waals surface area (Å²) in [6.07, 6.45) is 2.02. The van der Waals surface area contributed by atoms with Crippen molar-refractivity contribution in [3.8, 4) is 0 Å². The van der Waals surface area contributed by atoms with Gasteiger partial charge in [0.2, 0.25) is 0 Å². The quantitative estimate of drug-likeness (QED) is 0.705. The fourth-order valence-corrected chi connectivity index (χ4v) is 4.01. The molecule has 0 radical (unpaired) electrons. The maximum Gasteiger partial charge on any atom is 0.329 e. The van der Waals surface area contributed by atoms with E-state index in [1.807, 2.05) is 25.3 Å². The molecular formula is C19H20N4O3S. The van der Waals surface area contributed by atoms with Gasteiger partial charge in [0.25, 0.3) is 11.5 Å². The molecule has 27 heavy (non-hydrogen) atoms. The molecule has 0 bridgehead atoms. The Balaban J connectivity index is 1.81. The van der Waals surface area contributed by atoms with Crippen LogP contribution in [0.3, 0.4) is 0 Å². The average Bonchev–Trinajstić information content (AvgIpc) is 3.41. The zero-order chi connectivity index (χ0) is 19.1. The first kappa shape index (κ1) is 17.7. The van der Waals surface area contributed by atoms with Gasteiger partial charge in [0, 0.05) is 23.0 Å². The van der Waals surface area contributed by atoms with Gasteiger partial charge in [-0.3, -0.25) is 19.1 Å². The first-order valence-electron chi connectivity index (χ1n) is 8.98. The number of hydrogen-bond donors (Lipinski definition) is 2. The molecule has 0 atom stereocenters. The van der Waals surface area contributed by atoms with Crippen LogP contribution in [0.1, 0.15) is 52.2 Å². The van der Waals surface area contributed by atoms with Gasteiger partial charge >= 0.3 is 5.69 Å². The number of aromatic amines is 1. The third kappa shape index (κ3) is 3.32. The Morgan fingerprint density at radius 1 is 1.37 bits per heavy atom. The number of nitrogens with one attached hydrogen (secondary N) is 2. The van der Waals surface area contributed by atoms with Crippen LogP contribution in [-0.4, -0.2) is 20.4 Å². The predicted molar refractivity (Wildman–Crippen MR) is 104 cm³/mol. The Morgan fingerprint density at radius 2 is 2.15 bits per heavy atom. The lowest BCUT2D eigenvalue weighted by atomic mass is 10.1. The maximum atomic E-state index is 12.9. The largest absolute Gasteiger partial charge is 0.347 e. The summed E-state index contributed by atoms with van der Waals surface area (Å²) in [6, 6.07) is 3.72. The highest BCUT2D eigenvalue weighted by Crippen LogP contribution is 2.39. The summed E-state index contributed by atoms with van der Waals surface area (Å²) in [4.78, 5) is 45.4. The molecule has 1 fully saturated rings. The summed E-state index contributed by atoms with van der Waals surface area (Å²) >= 11 is 1.58. The number of nitrogens with zero attached hydrogens (tertiary/aromatic N) is 2. The third-order valence-electron chi connectivity index (χ3n) is 4.73. The number of amides is 1. The van der Waals surface area contributed by atoms with E-state index < -0.39 is 11.2 Å². The monoisotopic (exact) mass is 384 g/mol. The molecule has 140 valence electrons. The predicted octanol–water partition coefficient (Wildman–Crippen LogP) is 2.28. The first-order chi connectivity index (χ1) is 13.0. The number of H-pyrrole nitrogens is 1. The van der Waals surface area contributed by atoms with Gasteiger partial charge in [-0.05, 0) is 49.8 Å². The number of rotatable bonds is 5. The lowest BCUT2D eigenvalue weighted by Gasteiger charge is -2.12.